The Morgan fingerprint density at radius 3 is 2.35 bits per heavy atom. The number of primary amides is 1. The molecule has 0 aromatic carbocycles. The minimum atomic E-state index is -0.408. The third kappa shape index (κ3) is 4.34. The Morgan fingerprint density at radius 1 is 1.29 bits per heavy atom. The monoisotopic (exact) mass is 241 g/mol. The molecule has 5 heteroatoms. The normalized spacial score (nSPS) is 26.2. The Bertz CT molecular complexity index is 273. The molecule has 1 atom stereocenters. The van der Waals surface area contributed by atoms with Crippen molar-refractivity contribution in [3.63, 3.8) is 0 Å². The Balaban J connectivity index is 2.30. The van der Waals surface area contributed by atoms with Crippen molar-refractivity contribution in [2.24, 2.45) is 17.4 Å². The smallest absolute Gasteiger partial charge is 0.237 e. The van der Waals surface area contributed by atoms with Crippen LogP contribution in [0.2, 0.25) is 0 Å². The van der Waals surface area contributed by atoms with Crippen molar-refractivity contribution in [3.05, 3.63) is 0 Å². The summed E-state index contributed by atoms with van der Waals surface area (Å²) < 4.78 is 0. The number of nitrogens with two attached hydrogens (primary N) is 2. The first-order valence-corrected chi connectivity index (χ1v) is 6.39. The molecule has 2 amide bonds. The molecule has 17 heavy (non-hydrogen) atoms. The van der Waals surface area contributed by atoms with Crippen LogP contribution < -0.4 is 16.8 Å². The van der Waals surface area contributed by atoms with Crippen LogP contribution in [-0.2, 0) is 9.59 Å². The van der Waals surface area contributed by atoms with Gasteiger partial charge in [-0.05, 0) is 32.1 Å². The van der Waals surface area contributed by atoms with E-state index >= 15 is 0 Å². The number of rotatable bonds is 5. The molecule has 0 heterocycles. The molecule has 5 N–H and O–H groups in total. The molecular weight excluding hydrogens is 218 g/mol. The molecule has 0 radical (unpaired) electrons. The zero-order valence-corrected chi connectivity index (χ0v) is 10.4. The fraction of sp³-hybridized carbons (Fsp3) is 0.833. The van der Waals surface area contributed by atoms with Crippen LogP contribution in [0.25, 0.3) is 0 Å². The van der Waals surface area contributed by atoms with Gasteiger partial charge in [0, 0.05) is 12.0 Å². The van der Waals surface area contributed by atoms with Crippen molar-refractivity contribution in [2.45, 2.75) is 57.5 Å². The highest BCUT2D eigenvalue weighted by Crippen LogP contribution is 2.23. The molecule has 1 fully saturated rings. The molecule has 0 aromatic rings. The summed E-state index contributed by atoms with van der Waals surface area (Å²) in [5.74, 6) is -0.320. The maximum Gasteiger partial charge on any atom is 0.237 e. The van der Waals surface area contributed by atoms with E-state index in [0.717, 1.165) is 32.1 Å². The van der Waals surface area contributed by atoms with Gasteiger partial charge >= 0.3 is 0 Å². The fourth-order valence-electron chi connectivity index (χ4n) is 2.27. The highest BCUT2D eigenvalue weighted by molar-refractivity contribution is 5.81. The second-order valence-corrected chi connectivity index (χ2v) is 4.85. The molecule has 0 bridgehead atoms. The first-order chi connectivity index (χ1) is 8.04. The standard InChI is InChI=1S/C12H23N3O2/c1-2-3-10(13)12(17)15-9-6-4-8(5-7-9)11(14)16/h8-10H,2-7,13H2,1H3,(H2,14,16)(H,15,17)/t8?,9?,10-/m1/s1. The molecule has 0 unspecified atom stereocenters. The Hall–Kier alpha value is -1.10. The topological polar surface area (TPSA) is 98.2 Å². The molecular formula is C12H23N3O2. The number of hydrogen-bond acceptors (Lipinski definition) is 3. The van der Waals surface area contributed by atoms with E-state index in [2.05, 4.69) is 5.32 Å². The number of amides is 2. The number of nitrogens with one attached hydrogen (secondary N) is 1. The zero-order valence-electron chi connectivity index (χ0n) is 10.4. The van der Waals surface area contributed by atoms with E-state index < -0.39 is 6.04 Å². The SMILES string of the molecule is CCC[C@@H](N)C(=O)NC1CCC(C(N)=O)CC1. The summed E-state index contributed by atoms with van der Waals surface area (Å²) in [6, 6.07) is -0.255. The van der Waals surface area contributed by atoms with Gasteiger partial charge in [-0.3, -0.25) is 9.59 Å². The van der Waals surface area contributed by atoms with Crippen molar-refractivity contribution in [1.82, 2.24) is 5.32 Å². The summed E-state index contributed by atoms with van der Waals surface area (Å²) in [6.45, 7) is 2.01. The number of carbonyl (C=O) groups excluding carboxylic acids is 2. The summed E-state index contributed by atoms with van der Waals surface area (Å²) in [5, 5.41) is 2.95. The lowest BCUT2D eigenvalue weighted by Crippen LogP contribution is -2.47. The lowest BCUT2D eigenvalue weighted by Gasteiger charge is -2.28. The fourth-order valence-corrected chi connectivity index (χ4v) is 2.27. The first kappa shape index (κ1) is 14.0. The lowest BCUT2D eigenvalue weighted by atomic mass is 9.85. The van der Waals surface area contributed by atoms with Crippen LogP contribution >= 0.6 is 0 Å². The van der Waals surface area contributed by atoms with Gasteiger partial charge in [0.1, 0.15) is 0 Å². The zero-order chi connectivity index (χ0) is 12.8. The molecule has 5 nitrogen and oxygen atoms in total. The molecule has 0 aromatic heterocycles. The van der Waals surface area contributed by atoms with E-state index in [1.54, 1.807) is 0 Å². The van der Waals surface area contributed by atoms with Gasteiger partial charge in [-0.15, -0.1) is 0 Å². The van der Waals surface area contributed by atoms with Gasteiger partial charge in [-0.25, -0.2) is 0 Å². The van der Waals surface area contributed by atoms with E-state index in [-0.39, 0.29) is 23.8 Å². The first-order valence-electron chi connectivity index (χ1n) is 6.39. The van der Waals surface area contributed by atoms with Gasteiger partial charge in [-0.2, -0.15) is 0 Å². The van der Waals surface area contributed by atoms with E-state index in [9.17, 15) is 9.59 Å². The average Bonchev–Trinajstić information content (AvgIpc) is 2.30. The number of carbonyl (C=O) groups is 2. The minimum absolute atomic E-state index is 0.0209. The summed E-state index contributed by atoms with van der Waals surface area (Å²) in [6.07, 6.45) is 4.79. The van der Waals surface area contributed by atoms with Crippen molar-refractivity contribution in [3.8, 4) is 0 Å². The summed E-state index contributed by atoms with van der Waals surface area (Å²) in [7, 11) is 0. The number of hydrogen-bond donors (Lipinski definition) is 3. The summed E-state index contributed by atoms with van der Waals surface area (Å²) in [4.78, 5) is 22.7. The highest BCUT2D eigenvalue weighted by Gasteiger charge is 2.26. The Morgan fingerprint density at radius 2 is 1.88 bits per heavy atom. The van der Waals surface area contributed by atoms with Crippen LogP contribution in [0.15, 0.2) is 0 Å². The highest BCUT2D eigenvalue weighted by atomic mass is 16.2. The van der Waals surface area contributed by atoms with Crippen LogP contribution in [0.1, 0.15) is 45.4 Å². The molecule has 1 aliphatic carbocycles. The van der Waals surface area contributed by atoms with Crippen molar-refractivity contribution >= 4 is 11.8 Å². The lowest BCUT2D eigenvalue weighted by molar-refractivity contribution is -0.124. The van der Waals surface area contributed by atoms with Crippen LogP contribution in [0.3, 0.4) is 0 Å². The minimum Gasteiger partial charge on any atom is -0.369 e. The molecule has 0 aliphatic heterocycles. The predicted molar refractivity (Wildman–Crippen MR) is 66.0 cm³/mol. The molecule has 0 spiro atoms. The third-order valence-corrected chi connectivity index (χ3v) is 3.41. The molecule has 0 saturated heterocycles. The van der Waals surface area contributed by atoms with E-state index in [4.69, 9.17) is 11.5 Å². The van der Waals surface area contributed by atoms with Crippen molar-refractivity contribution < 1.29 is 9.59 Å². The van der Waals surface area contributed by atoms with Gasteiger partial charge in [0.05, 0.1) is 6.04 Å². The molecule has 1 saturated carbocycles. The quantitative estimate of drug-likeness (QED) is 0.644. The van der Waals surface area contributed by atoms with E-state index in [1.165, 1.54) is 0 Å². The molecule has 1 aliphatic rings. The average molecular weight is 241 g/mol. The van der Waals surface area contributed by atoms with E-state index in [0.29, 0.717) is 6.42 Å². The van der Waals surface area contributed by atoms with Crippen LogP contribution in [0.5, 0.6) is 0 Å². The van der Waals surface area contributed by atoms with Gasteiger partial charge in [-0.1, -0.05) is 13.3 Å². The maximum atomic E-state index is 11.7. The van der Waals surface area contributed by atoms with Gasteiger partial charge in [0.2, 0.25) is 11.8 Å². The van der Waals surface area contributed by atoms with Crippen LogP contribution in [0.4, 0.5) is 0 Å². The van der Waals surface area contributed by atoms with Crippen molar-refractivity contribution in [1.29, 1.82) is 0 Å². The molecule has 98 valence electrons. The second-order valence-electron chi connectivity index (χ2n) is 4.85. The summed E-state index contributed by atoms with van der Waals surface area (Å²) >= 11 is 0. The van der Waals surface area contributed by atoms with Crippen molar-refractivity contribution in [2.75, 3.05) is 0 Å². The van der Waals surface area contributed by atoms with Gasteiger partial charge in [0.15, 0.2) is 0 Å². The van der Waals surface area contributed by atoms with Crippen LogP contribution in [0, 0.1) is 5.92 Å². The van der Waals surface area contributed by atoms with Gasteiger partial charge < -0.3 is 16.8 Å². The Labute approximate surface area is 102 Å². The molecule has 1 rings (SSSR count). The maximum absolute atomic E-state index is 11.7. The van der Waals surface area contributed by atoms with Crippen LogP contribution in [-0.4, -0.2) is 23.9 Å². The largest absolute Gasteiger partial charge is 0.369 e. The predicted octanol–water partition coefficient (Wildman–Crippen LogP) is 0.274. The second kappa shape index (κ2) is 6.59. The van der Waals surface area contributed by atoms with Gasteiger partial charge in [0.25, 0.3) is 0 Å². The van der Waals surface area contributed by atoms with E-state index in [1.807, 2.05) is 6.92 Å². The third-order valence-electron chi connectivity index (χ3n) is 3.41. The summed E-state index contributed by atoms with van der Waals surface area (Å²) in [5.41, 5.74) is 11.0. The Kier molecular flexibility index (Phi) is 5.41.